The summed E-state index contributed by atoms with van der Waals surface area (Å²) in [7, 11) is 3.29. The van der Waals surface area contributed by atoms with Crippen molar-refractivity contribution in [1.82, 2.24) is 0 Å². The molecule has 0 aliphatic carbocycles. The summed E-state index contributed by atoms with van der Waals surface area (Å²) in [6, 6.07) is 13.4. The number of nitrogens with zero attached hydrogens (tertiary/aromatic N) is 2. The summed E-state index contributed by atoms with van der Waals surface area (Å²) in [6.07, 6.45) is 0.817. The average molecular weight is 459 g/mol. The van der Waals surface area contributed by atoms with Gasteiger partial charge in [-0.3, -0.25) is 4.79 Å². The van der Waals surface area contributed by atoms with Gasteiger partial charge in [0.25, 0.3) is 0 Å². The van der Waals surface area contributed by atoms with Crippen LogP contribution in [0, 0.1) is 0 Å². The van der Waals surface area contributed by atoms with Crippen LogP contribution in [0.2, 0.25) is 0 Å². The number of anilines is 2. The number of aldehydes is 1. The molecule has 0 radical (unpaired) electrons. The first-order valence-corrected chi connectivity index (χ1v) is 11.3. The van der Waals surface area contributed by atoms with E-state index in [1.54, 1.807) is 26.4 Å². The molecule has 1 aliphatic heterocycles. The number of hydrogen-bond donors (Lipinski definition) is 0. The molecule has 3 rings (SSSR count). The van der Waals surface area contributed by atoms with Gasteiger partial charge in [-0.2, -0.15) is 0 Å². The molecular weight excluding hydrogens is 424 g/mol. The van der Waals surface area contributed by atoms with Gasteiger partial charge in [0.15, 0.2) is 0 Å². The van der Waals surface area contributed by atoms with E-state index in [4.69, 9.17) is 23.7 Å². The van der Waals surface area contributed by atoms with Crippen LogP contribution in [0.5, 0.6) is 11.5 Å². The molecule has 1 aliphatic rings. The maximum absolute atomic E-state index is 11.1. The Morgan fingerprint density at radius 3 is 1.76 bits per heavy atom. The minimum absolute atomic E-state index is 0.528. The number of methoxy groups -OCH3 is 2. The second kappa shape index (κ2) is 13.7. The molecule has 33 heavy (non-hydrogen) atoms. The van der Waals surface area contributed by atoms with Gasteiger partial charge < -0.3 is 33.5 Å². The van der Waals surface area contributed by atoms with E-state index in [0.717, 1.165) is 36.5 Å². The molecule has 0 atom stereocenters. The minimum atomic E-state index is 0.528. The Morgan fingerprint density at radius 1 is 0.697 bits per heavy atom. The number of hydrogen-bond acceptors (Lipinski definition) is 8. The third kappa shape index (κ3) is 7.35. The second-order valence-electron chi connectivity index (χ2n) is 7.53. The molecule has 8 heteroatoms. The van der Waals surface area contributed by atoms with Crippen molar-refractivity contribution in [3.05, 3.63) is 48.0 Å². The van der Waals surface area contributed by atoms with Crippen molar-refractivity contribution >= 4 is 17.7 Å². The molecule has 0 unspecified atom stereocenters. The van der Waals surface area contributed by atoms with Crippen LogP contribution in [0.1, 0.15) is 10.4 Å². The number of ether oxygens (including phenoxy) is 5. The van der Waals surface area contributed by atoms with Crippen LogP contribution >= 0.6 is 0 Å². The summed E-state index contributed by atoms with van der Waals surface area (Å²) in [6.45, 7) is 6.13. The zero-order valence-electron chi connectivity index (χ0n) is 19.5. The highest BCUT2D eigenvalue weighted by Gasteiger charge is 2.15. The predicted molar refractivity (Wildman–Crippen MR) is 128 cm³/mol. The highest BCUT2D eigenvalue weighted by molar-refractivity contribution is 5.78. The number of benzene rings is 2. The molecular formula is C25H34N2O6. The Morgan fingerprint density at radius 2 is 1.21 bits per heavy atom. The molecule has 0 N–H and O–H groups in total. The van der Waals surface area contributed by atoms with Crippen molar-refractivity contribution in [2.45, 2.75) is 0 Å². The van der Waals surface area contributed by atoms with Gasteiger partial charge in [-0.05, 0) is 30.3 Å². The summed E-state index contributed by atoms with van der Waals surface area (Å²) in [5, 5.41) is 0. The number of carbonyl (C=O) groups is 1. The number of para-hydroxylation sites is 2. The van der Waals surface area contributed by atoms with Crippen LogP contribution in [0.25, 0.3) is 0 Å². The van der Waals surface area contributed by atoms with E-state index < -0.39 is 0 Å². The van der Waals surface area contributed by atoms with Crippen LogP contribution in [0.15, 0.2) is 42.5 Å². The standard InChI is InChI=1S/C25H34N2O6/c1-29-24-6-4-3-5-22(24)26-9-13-31-14-10-27(12-16-33-18-17-32-15-11-26)23-8-7-21(20-28)19-25(23)30-2/h3-8,19-20H,9-18H2,1-2H3. The molecule has 1 fully saturated rings. The van der Waals surface area contributed by atoms with Gasteiger partial charge in [0.1, 0.15) is 17.8 Å². The molecule has 0 amide bonds. The molecule has 0 bridgehead atoms. The molecule has 8 nitrogen and oxygen atoms in total. The molecule has 1 saturated heterocycles. The Bertz CT molecular complexity index is 863. The first-order valence-electron chi connectivity index (χ1n) is 11.3. The van der Waals surface area contributed by atoms with Crippen molar-refractivity contribution in [2.75, 3.05) is 89.8 Å². The fourth-order valence-corrected chi connectivity index (χ4v) is 3.75. The molecule has 2 aromatic carbocycles. The van der Waals surface area contributed by atoms with E-state index in [0.29, 0.717) is 64.0 Å². The molecule has 2 aromatic rings. The maximum atomic E-state index is 11.1. The maximum Gasteiger partial charge on any atom is 0.150 e. The highest BCUT2D eigenvalue weighted by Crippen LogP contribution is 2.29. The SMILES string of the molecule is COc1ccccc1N1CCOCCOCCN(c2ccc(C=O)cc2OC)CCOCC1. The molecule has 1 heterocycles. The number of carbonyl (C=O) groups excluding carboxylic acids is 1. The van der Waals surface area contributed by atoms with Gasteiger partial charge in [-0.25, -0.2) is 0 Å². The Balaban J connectivity index is 1.68. The van der Waals surface area contributed by atoms with Crippen molar-refractivity contribution in [3.8, 4) is 11.5 Å². The average Bonchev–Trinajstić information content (AvgIpc) is 2.87. The van der Waals surface area contributed by atoms with Crippen molar-refractivity contribution in [2.24, 2.45) is 0 Å². The third-order valence-corrected chi connectivity index (χ3v) is 5.50. The topological polar surface area (TPSA) is 69.7 Å². The lowest BCUT2D eigenvalue weighted by atomic mass is 10.2. The second-order valence-corrected chi connectivity index (χ2v) is 7.53. The smallest absolute Gasteiger partial charge is 0.150 e. The fraction of sp³-hybridized carbons (Fsp3) is 0.480. The molecule has 0 saturated carbocycles. The first-order chi connectivity index (χ1) is 16.3. The summed E-state index contributed by atoms with van der Waals surface area (Å²) in [4.78, 5) is 15.5. The summed E-state index contributed by atoms with van der Waals surface area (Å²) in [5.74, 6) is 1.49. The van der Waals surface area contributed by atoms with E-state index in [1.807, 2.05) is 30.3 Å². The lowest BCUT2D eigenvalue weighted by Gasteiger charge is -2.27. The lowest BCUT2D eigenvalue weighted by molar-refractivity contribution is 0.0530. The van der Waals surface area contributed by atoms with Crippen LogP contribution in [-0.4, -0.2) is 86.3 Å². The van der Waals surface area contributed by atoms with Gasteiger partial charge in [-0.15, -0.1) is 0 Å². The van der Waals surface area contributed by atoms with Crippen molar-refractivity contribution in [1.29, 1.82) is 0 Å². The number of rotatable bonds is 5. The lowest BCUT2D eigenvalue weighted by Crippen LogP contribution is -2.33. The van der Waals surface area contributed by atoms with E-state index in [2.05, 4.69) is 9.80 Å². The van der Waals surface area contributed by atoms with E-state index in [9.17, 15) is 4.79 Å². The summed E-state index contributed by atoms with van der Waals surface area (Å²) < 4.78 is 28.7. The van der Waals surface area contributed by atoms with Crippen LogP contribution in [-0.2, 0) is 14.2 Å². The zero-order valence-corrected chi connectivity index (χ0v) is 19.5. The van der Waals surface area contributed by atoms with Crippen LogP contribution in [0.4, 0.5) is 11.4 Å². The largest absolute Gasteiger partial charge is 0.495 e. The normalized spacial score (nSPS) is 17.0. The molecule has 0 aromatic heterocycles. The highest BCUT2D eigenvalue weighted by atomic mass is 16.5. The zero-order chi connectivity index (χ0) is 23.3. The van der Waals surface area contributed by atoms with Gasteiger partial charge in [0, 0.05) is 31.7 Å². The van der Waals surface area contributed by atoms with Crippen LogP contribution < -0.4 is 19.3 Å². The first kappa shape index (κ1) is 24.8. The fourth-order valence-electron chi connectivity index (χ4n) is 3.75. The summed E-state index contributed by atoms with van der Waals surface area (Å²) in [5.41, 5.74) is 2.51. The Kier molecular flexibility index (Phi) is 10.3. The monoisotopic (exact) mass is 458 g/mol. The van der Waals surface area contributed by atoms with E-state index >= 15 is 0 Å². The molecule has 0 spiro atoms. The molecule has 180 valence electrons. The van der Waals surface area contributed by atoms with E-state index in [1.165, 1.54) is 0 Å². The Hall–Kier alpha value is -2.81. The quantitative estimate of drug-likeness (QED) is 0.634. The summed E-state index contributed by atoms with van der Waals surface area (Å²) >= 11 is 0. The third-order valence-electron chi connectivity index (χ3n) is 5.50. The Labute approximate surface area is 195 Å². The minimum Gasteiger partial charge on any atom is -0.495 e. The van der Waals surface area contributed by atoms with Crippen molar-refractivity contribution < 1.29 is 28.5 Å². The van der Waals surface area contributed by atoms with Gasteiger partial charge in [0.05, 0.1) is 65.2 Å². The van der Waals surface area contributed by atoms with Gasteiger partial charge in [-0.1, -0.05) is 12.1 Å². The van der Waals surface area contributed by atoms with Gasteiger partial charge in [0.2, 0.25) is 0 Å². The van der Waals surface area contributed by atoms with E-state index in [-0.39, 0.29) is 0 Å². The van der Waals surface area contributed by atoms with Gasteiger partial charge >= 0.3 is 0 Å². The van der Waals surface area contributed by atoms with Crippen LogP contribution in [0.3, 0.4) is 0 Å². The predicted octanol–water partition coefficient (Wildman–Crippen LogP) is 2.89. The van der Waals surface area contributed by atoms with Crippen molar-refractivity contribution in [3.63, 3.8) is 0 Å².